The largest absolute Gasteiger partial charge is 0.493 e. The number of rotatable bonds is 4. The first-order valence-electron chi connectivity index (χ1n) is 7.20. The molecular formula is C17H19NO5. The van der Waals surface area contributed by atoms with E-state index in [0.717, 1.165) is 5.56 Å². The van der Waals surface area contributed by atoms with Gasteiger partial charge < -0.3 is 14.6 Å². The Morgan fingerprint density at radius 2 is 1.96 bits per heavy atom. The molecule has 0 aromatic heterocycles. The first-order chi connectivity index (χ1) is 11.0. The highest BCUT2D eigenvalue weighted by atomic mass is 16.5. The minimum absolute atomic E-state index is 0.133. The van der Waals surface area contributed by atoms with Crippen LogP contribution >= 0.6 is 0 Å². The number of hydrogen-bond acceptors (Lipinski definition) is 5. The van der Waals surface area contributed by atoms with Gasteiger partial charge in [-0.15, -0.1) is 0 Å². The van der Waals surface area contributed by atoms with Crippen LogP contribution in [0.25, 0.3) is 0 Å². The van der Waals surface area contributed by atoms with Crippen molar-refractivity contribution in [2.75, 3.05) is 14.2 Å². The highest BCUT2D eigenvalue weighted by Gasteiger charge is 2.23. The van der Waals surface area contributed by atoms with Gasteiger partial charge in [0, 0.05) is 12.1 Å². The van der Waals surface area contributed by atoms with E-state index in [1.54, 1.807) is 27.2 Å². The van der Waals surface area contributed by atoms with Gasteiger partial charge in [0.2, 0.25) is 0 Å². The Hall–Kier alpha value is -2.63. The predicted molar refractivity (Wildman–Crippen MR) is 85.4 cm³/mol. The minimum Gasteiger partial charge on any atom is -0.493 e. The number of aliphatic carboxylic acids is 1. The summed E-state index contributed by atoms with van der Waals surface area (Å²) in [6.45, 7) is 1.69. The van der Waals surface area contributed by atoms with E-state index in [1.165, 1.54) is 6.08 Å². The lowest BCUT2D eigenvalue weighted by atomic mass is 9.96. The van der Waals surface area contributed by atoms with Crippen LogP contribution < -0.4 is 9.47 Å². The summed E-state index contributed by atoms with van der Waals surface area (Å²) in [4.78, 5) is 27.6. The summed E-state index contributed by atoms with van der Waals surface area (Å²) < 4.78 is 10.5. The monoisotopic (exact) mass is 317 g/mol. The lowest BCUT2D eigenvalue weighted by molar-refractivity contribution is -0.134. The Bertz CT molecular complexity index is 690. The number of carboxylic acids is 1. The maximum Gasteiger partial charge on any atom is 0.339 e. The maximum absolute atomic E-state index is 12.0. The van der Waals surface area contributed by atoms with Crippen LogP contribution in [0.1, 0.15) is 31.4 Å². The number of ether oxygens (including phenoxy) is 2. The van der Waals surface area contributed by atoms with Crippen LogP contribution in [-0.2, 0) is 9.59 Å². The molecule has 0 spiro atoms. The summed E-state index contributed by atoms with van der Waals surface area (Å²) >= 11 is 0. The van der Waals surface area contributed by atoms with Gasteiger partial charge in [0.1, 0.15) is 5.57 Å². The van der Waals surface area contributed by atoms with Gasteiger partial charge >= 0.3 is 5.97 Å². The molecule has 0 fully saturated rings. The molecule has 1 aliphatic heterocycles. The molecule has 1 aromatic carbocycles. The Balaban J connectivity index is 2.39. The first-order valence-corrected chi connectivity index (χ1v) is 7.20. The fourth-order valence-corrected chi connectivity index (χ4v) is 2.52. The zero-order valence-electron chi connectivity index (χ0n) is 13.3. The standard InChI is InChI=1S/C17H19NO5/c1-10-8-12(17(20)21)14(19)6-5-13(18-10)11-4-7-15(22-2)16(9-11)23-3/h4,7-9,13H,5-6H2,1-3H3,(H,20,21)/b12-8+,18-10?. The number of ketones is 1. The molecule has 1 atom stereocenters. The van der Waals surface area contributed by atoms with E-state index < -0.39 is 5.97 Å². The number of benzene rings is 1. The molecule has 23 heavy (non-hydrogen) atoms. The van der Waals surface area contributed by atoms with Gasteiger partial charge in [0.15, 0.2) is 17.3 Å². The van der Waals surface area contributed by atoms with E-state index in [-0.39, 0.29) is 23.8 Å². The summed E-state index contributed by atoms with van der Waals surface area (Å²) in [6.07, 6.45) is 1.90. The zero-order valence-corrected chi connectivity index (χ0v) is 13.3. The fraction of sp³-hybridized carbons (Fsp3) is 0.353. The van der Waals surface area contributed by atoms with E-state index in [2.05, 4.69) is 4.99 Å². The molecule has 6 nitrogen and oxygen atoms in total. The average Bonchev–Trinajstić information content (AvgIpc) is 2.53. The van der Waals surface area contributed by atoms with Gasteiger partial charge in [-0.1, -0.05) is 6.07 Å². The van der Waals surface area contributed by atoms with Crippen molar-refractivity contribution in [2.45, 2.75) is 25.8 Å². The summed E-state index contributed by atoms with van der Waals surface area (Å²) in [5, 5.41) is 9.08. The molecule has 122 valence electrons. The van der Waals surface area contributed by atoms with E-state index in [9.17, 15) is 9.59 Å². The van der Waals surface area contributed by atoms with Gasteiger partial charge in [-0.25, -0.2) is 4.79 Å². The fourth-order valence-electron chi connectivity index (χ4n) is 2.52. The molecular weight excluding hydrogens is 298 g/mol. The number of hydrogen-bond donors (Lipinski definition) is 1. The van der Waals surface area contributed by atoms with Crippen LogP contribution in [0.2, 0.25) is 0 Å². The van der Waals surface area contributed by atoms with Crippen LogP contribution in [0.4, 0.5) is 0 Å². The van der Waals surface area contributed by atoms with Crippen molar-refractivity contribution in [1.29, 1.82) is 0 Å². The zero-order chi connectivity index (χ0) is 17.0. The van der Waals surface area contributed by atoms with Gasteiger partial charge in [-0.05, 0) is 37.1 Å². The lowest BCUT2D eigenvalue weighted by Crippen LogP contribution is -2.17. The van der Waals surface area contributed by atoms with Crippen LogP contribution in [0.15, 0.2) is 34.8 Å². The van der Waals surface area contributed by atoms with Crippen LogP contribution in [0.5, 0.6) is 11.5 Å². The van der Waals surface area contributed by atoms with Gasteiger partial charge in [0.05, 0.1) is 20.3 Å². The second-order valence-electron chi connectivity index (χ2n) is 5.23. The molecule has 2 rings (SSSR count). The number of nitrogens with zero attached hydrogens (tertiary/aromatic N) is 1. The second-order valence-corrected chi connectivity index (χ2v) is 5.23. The molecule has 0 amide bonds. The number of carboxylic acid groups (broad SMARTS) is 1. The third kappa shape index (κ3) is 3.77. The molecule has 0 radical (unpaired) electrons. The number of carbonyl (C=O) groups excluding carboxylic acids is 1. The SMILES string of the molecule is COc1ccc(C2CCC(=O)/C(C(=O)O)=C\C(C)=N2)cc1OC. The highest BCUT2D eigenvalue weighted by Crippen LogP contribution is 2.33. The van der Waals surface area contributed by atoms with E-state index in [0.29, 0.717) is 23.6 Å². The van der Waals surface area contributed by atoms with Crippen molar-refractivity contribution in [3.05, 3.63) is 35.4 Å². The van der Waals surface area contributed by atoms with Crippen molar-refractivity contribution >= 4 is 17.5 Å². The summed E-state index contributed by atoms with van der Waals surface area (Å²) in [6, 6.07) is 5.26. The van der Waals surface area contributed by atoms with Crippen molar-refractivity contribution in [1.82, 2.24) is 0 Å². The van der Waals surface area contributed by atoms with E-state index in [1.807, 2.05) is 12.1 Å². The average molecular weight is 317 g/mol. The van der Waals surface area contributed by atoms with Crippen molar-refractivity contribution in [2.24, 2.45) is 4.99 Å². The van der Waals surface area contributed by atoms with Gasteiger partial charge in [-0.2, -0.15) is 0 Å². The molecule has 1 aliphatic rings. The molecule has 6 heteroatoms. The smallest absolute Gasteiger partial charge is 0.339 e. The van der Waals surface area contributed by atoms with Crippen molar-refractivity contribution < 1.29 is 24.2 Å². The van der Waals surface area contributed by atoms with Gasteiger partial charge in [-0.3, -0.25) is 9.79 Å². The molecule has 1 unspecified atom stereocenters. The molecule has 0 bridgehead atoms. The summed E-state index contributed by atoms with van der Waals surface area (Å²) in [5.41, 5.74) is 1.19. The summed E-state index contributed by atoms with van der Waals surface area (Å²) in [7, 11) is 3.12. The topological polar surface area (TPSA) is 85.2 Å². The Morgan fingerprint density at radius 3 is 2.57 bits per heavy atom. The lowest BCUT2D eigenvalue weighted by Gasteiger charge is -2.18. The molecule has 1 heterocycles. The van der Waals surface area contributed by atoms with Crippen molar-refractivity contribution in [3.8, 4) is 11.5 Å². The van der Waals surface area contributed by atoms with E-state index in [4.69, 9.17) is 14.6 Å². The third-order valence-corrected chi connectivity index (χ3v) is 3.68. The predicted octanol–water partition coefficient (Wildman–Crippen LogP) is 2.58. The molecule has 1 N–H and O–H groups in total. The number of carbonyl (C=O) groups is 2. The van der Waals surface area contributed by atoms with Crippen molar-refractivity contribution in [3.63, 3.8) is 0 Å². The van der Waals surface area contributed by atoms with Crippen LogP contribution in [0, 0.1) is 0 Å². The maximum atomic E-state index is 12.0. The number of aliphatic imine (C=N–C) groups is 1. The number of allylic oxidation sites excluding steroid dienone is 1. The van der Waals surface area contributed by atoms with Gasteiger partial charge in [0.25, 0.3) is 0 Å². The first kappa shape index (κ1) is 16.7. The quantitative estimate of drug-likeness (QED) is 0.863. The second kappa shape index (κ2) is 7.09. The van der Waals surface area contributed by atoms with Crippen LogP contribution in [-0.4, -0.2) is 36.8 Å². The molecule has 0 saturated carbocycles. The van der Waals surface area contributed by atoms with E-state index >= 15 is 0 Å². The third-order valence-electron chi connectivity index (χ3n) is 3.68. The number of methoxy groups -OCH3 is 2. The normalized spacial score (nSPS) is 20.7. The Labute approximate surface area is 134 Å². The number of Topliss-reactive ketones (excluding diaryl/α,β-unsaturated/α-hetero) is 1. The Morgan fingerprint density at radius 1 is 1.26 bits per heavy atom. The molecule has 0 aliphatic carbocycles. The minimum atomic E-state index is -1.21. The Kier molecular flexibility index (Phi) is 5.16. The summed E-state index contributed by atoms with van der Waals surface area (Å²) in [5.74, 6) is -0.383. The molecule has 1 aromatic rings. The highest BCUT2D eigenvalue weighted by molar-refractivity contribution is 6.20. The van der Waals surface area contributed by atoms with Crippen LogP contribution in [0.3, 0.4) is 0 Å². The molecule has 0 saturated heterocycles.